The average Bonchev–Trinajstić information content (AvgIpc) is 3.28. The molecule has 0 aliphatic rings. The molecule has 3 amide bonds. The summed E-state index contributed by atoms with van der Waals surface area (Å²) in [5.74, 6) is -5.25. The third kappa shape index (κ3) is 38.4. The molecule has 0 spiro atoms. The predicted octanol–water partition coefficient (Wildman–Crippen LogP) is 7.17. The molecule has 394 valence electrons. The number of carbonyl (C=O) groups is 6. The highest BCUT2D eigenvalue weighted by Gasteiger charge is 2.47. The highest BCUT2D eigenvalue weighted by Crippen LogP contribution is 2.22. The molecule has 0 aliphatic carbocycles. The first-order valence-electron chi connectivity index (χ1n) is 25.4. The third-order valence-electron chi connectivity index (χ3n) is 11.5. The number of amides is 3. The van der Waals surface area contributed by atoms with Crippen molar-refractivity contribution < 1.29 is 62.4 Å². The van der Waals surface area contributed by atoms with E-state index in [-0.39, 0.29) is 38.8 Å². The van der Waals surface area contributed by atoms with Crippen molar-refractivity contribution in [1.29, 1.82) is 0 Å². The molecule has 6 atom stereocenters. The molecular formula is C48H94N5O13P. The second-order valence-electron chi connectivity index (χ2n) is 17.9. The molecule has 19 heteroatoms. The normalized spacial score (nSPS) is 14.3. The molecule has 2 unspecified atom stereocenters. The summed E-state index contributed by atoms with van der Waals surface area (Å²) in [4.78, 5) is 83.5. The first-order chi connectivity index (χ1) is 32.0. The van der Waals surface area contributed by atoms with E-state index in [1.54, 1.807) is 0 Å². The van der Waals surface area contributed by atoms with Crippen molar-refractivity contribution in [3.63, 3.8) is 0 Å². The molecule has 0 aromatic rings. The molecule has 0 radical (unpaired) electrons. The first kappa shape index (κ1) is 65.9. The maximum atomic E-state index is 13.7. The second-order valence-corrected chi connectivity index (χ2v) is 18.7. The van der Waals surface area contributed by atoms with Crippen molar-refractivity contribution in [3.05, 3.63) is 0 Å². The van der Waals surface area contributed by atoms with Crippen molar-refractivity contribution in [2.45, 2.75) is 250 Å². The Morgan fingerprint density at radius 3 is 1.36 bits per heavy atom. The van der Waals surface area contributed by atoms with E-state index in [0.717, 1.165) is 51.4 Å². The number of hydrogen-bond acceptors (Lipinski definition) is 13. The van der Waals surface area contributed by atoms with Gasteiger partial charge >= 0.3 is 26.2 Å². The number of nitrogens with one attached hydrogen (secondary N) is 2. The number of rotatable bonds is 44. The Kier molecular flexibility index (Phi) is 43.4. The van der Waals surface area contributed by atoms with Crippen LogP contribution in [0.5, 0.6) is 0 Å². The van der Waals surface area contributed by atoms with Crippen LogP contribution in [0.25, 0.3) is 0 Å². The fraction of sp³-hybridized carbons (Fsp3) is 0.875. The number of carboxylic acid groups (broad SMARTS) is 1. The Balaban J connectivity index is 0. The van der Waals surface area contributed by atoms with Gasteiger partial charge in [0.15, 0.2) is 12.2 Å². The smallest absolute Gasteiger partial charge is 0.325 e. The van der Waals surface area contributed by atoms with Crippen molar-refractivity contribution in [1.82, 2.24) is 10.6 Å². The summed E-state index contributed by atoms with van der Waals surface area (Å²) in [6.45, 7) is 6.60. The van der Waals surface area contributed by atoms with Crippen LogP contribution in [0, 0.1) is 0 Å². The highest BCUT2D eigenvalue weighted by molar-refractivity contribution is 7.32. The minimum Gasteiger partial charge on any atom is -0.480 e. The highest BCUT2D eigenvalue weighted by atomic mass is 31.1. The van der Waals surface area contributed by atoms with Gasteiger partial charge in [0.25, 0.3) is 0 Å². The summed E-state index contributed by atoms with van der Waals surface area (Å²) < 4.78 is 25.2. The van der Waals surface area contributed by atoms with Crippen LogP contribution in [0.15, 0.2) is 0 Å². The maximum Gasteiger partial charge on any atom is 0.325 e. The molecule has 0 heterocycles. The van der Waals surface area contributed by atoms with Crippen LogP contribution in [-0.2, 0) is 47.3 Å². The molecule has 0 aliphatic heterocycles. The van der Waals surface area contributed by atoms with E-state index in [2.05, 4.69) is 29.0 Å². The molecule has 0 fully saturated rings. The van der Waals surface area contributed by atoms with E-state index >= 15 is 0 Å². The van der Waals surface area contributed by atoms with Gasteiger partial charge in [-0.05, 0) is 33.1 Å². The van der Waals surface area contributed by atoms with Gasteiger partial charge in [-0.2, -0.15) is 0 Å². The summed E-state index contributed by atoms with van der Waals surface area (Å²) in [5.41, 5.74) is 14.8. The topological polar surface area (TPSA) is 310 Å². The molecule has 0 aromatic heterocycles. The Morgan fingerprint density at radius 2 is 1.03 bits per heavy atom. The van der Waals surface area contributed by atoms with Gasteiger partial charge < -0.3 is 56.9 Å². The number of ether oxygens (including phenoxy) is 2. The number of aliphatic carboxylic acids is 1. The van der Waals surface area contributed by atoms with Crippen LogP contribution in [0.4, 0.5) is 0 Å². The fourth-order valence-corrected chi connectivity index (χ4v) is 7.60. The minimum atomic E-state index is -2.73. The lowest BCUT2D eigenvalue weighted by molar-refractivity contribution is -0.179. The molecule has 0 saturated heterocycles. The van der Waals surface area contributed by atoms with Gasteiger partial charge in [-0.3, -0.25) is 33.3 Å². The van der Waals surface area contributed by atoms with Crippen LogP contribution in [-0.4, -0.2) is 100 Å². The number of primary amides is 1. The summed E-state index contributed by atoms with van der Waals surface area (Å²) in [6.07, 6.45) is 25.9. The Morgan fingerprint density at radius 1 is 0.642 bits per heavy atom. The molecule has 0 bridgehead atoms. The number of hydrogen-bond donors (Lipinski definition) is 8. The van der Waals surface area contributed by atoms with Gasteiger partial charge in [0.05, 0.1) is 13.2 Å². The summed E-state index contributed by atoms with van der Waals surface area (Å²) in [7, 11) is -2.73. The van der Waals surface area contributed by atoms with Crippen molar-refractivity contribution in [2.24, 2.45) is 17.2 Å². The lowest BCUT2D eigenvalue weighted by atomic mass is 9.89. The molecule has 0 rings (SSSR count). The quantitative estimate of drug-likeness (QED) is 0.0171. The van der Waals surface area contributed by atoms with Crippen LogP contribution >= 0.6 is 8.25 Å². The third-order valence-corrected chi connectivity index (χ3v) is 12.0. The molecule has 18 nitrogen and oxygen atoms in total. The van der Waals surface area contributed by atoms with Crippen molar-refractivity contribution in [2.75, 3.05) is 19.8 Å². The van der Waals surface area contributed by atoms with Gasteiger partial charge in [0.2, 0.25) is 17.7 Å². The zero-order valence-corrected chi connectivity index (χ0v) is 42.8. The standard InChI is InChI=1S/C46H86N4O10.C2H8NO3P/c1-5-7-9-11-13-15-17-19-21-23-25-27-29-31-40(53)59-38(35-51)42(60-41(54)32-30-28-26-24-22-20-18-16-14-12-10-8-6-2)46(4,48)45(58)50-37(43(47)55)33-34-39(52)49-36(3)44(56)57;3-1-2-6-7(4)5/h36-38,42,51H,5-35,48H2,1-4H3,(H2,47,55)(H,49,52)(H,50,58)(H,56,57);7H,1-3H2,(H,4,5)/t36-,37+,38-,42?,46+;/m0./s1. The Bertz CT molecular complexity index is 1340. The van der Waals surface area contributed by atoms with E-state index in [9.17, 15) is 38.4 Å². The number of nitrogens with two attached hydrogens (primary N) is 3. The van der Waals surface area contributed by atoms with E-state index < -0.39 is 80.3 Å². The summed E-state index contributed by atoms with van der Waals surface area (Å²) >= 11 is 0. The molecule has 0 aromatic carbocycles. The minimum absolute atomic E-state index is 0.0187. The van der Waals surface area contributed by atoms with Crippen molar-refractivity contribution >= 4 is 43.9 Å². The van der Waals surface area contributed by atoms with Gasteiger partial charge in [0.1, 0.15) is 17.6 Å². The first-order valence-corrected chi connectivity index (χ1v) is 26.7. The molecular weight excluding hydrogens is 886 g/mol. The predicted molar refractivity (Wildman–Crippen MR) is 262 cm³/mol. The van der Waals surface area contributed by atoms with Gasteiger partial charge in [-0.15, -0.1) is 0 Å². The molecule has 67 heavy (non-hydrogen) atoms. The lowest BCUT2D eigenvalue weighted by Crippen LogP contribution is -2.66. The number of aliphatic hydroxyl groups excluding tert-OH is 1. The summed E-state index contributed by atoms with van der Waals surface area (Å²) in [5, 5.41) is 24.1. The van der Waals surface area contributed by atoms with Gasteiger partial charge in [0, 0.05) is 25.8 Å². The van der Waals surface area contributed by atoms with Crippen LogP contribution < -0.4 is 27.8 Å². The zero-order chi connectivity index (χ0) is 50.7. The maximum absolute atomic E-state index is 13.7. The van der Waals surface area contributed by atoms with E-state index in [1.807, 2.05) is 0 Å². The van der Waals surface area contributed by atoms with Gasteiger partial charge in [-0.25, -0.2) is 0 Å². The number of aliphatic hydroxyl groups is 1. The van der Waals surface area contributed by atoms with E-state index in [4.69, 9.17) is 36.7 Å². The van der Waals surface area contributed by atoms with E-state index in [1.165, 1.54) is 117 Å². The van der Waals surface area contributed by atoms with Crippen LogP contribution in [0.1, 0.15) is 220 Å². The number of carbonyl (C=O) groups excluding carboxylic acids is 5. The van der Waals surface area contributed by atoms with Crippen molar-refractivity contribution in [3.8, 4) is 0 Å². The largest absolute Gasteiger partial charge is 0.480 e. The number of esters is 2. The van der Waals surface area contributed by atoms with E-state index in [0.29, 0.717) is 12.8 Å². The Hall–Kier alpha value is -3.15. The summed E-state index contributed by atoms with van der Waals surface area (Å²) in [6, 6.07) is -2.58. The number of carboxylic acids is 1. The lowest BCUT2D eigenvalue weighted by Gasteiger charge is -2.37. The second kappa shape index (κ2) is 44.1. The van der Waals surface area contributed by atoms with Crippen LogP contribution in [0.2, 0.25) is 0 Å². The van der Waals surface area contributed by atoms with Crippen LogP contribution in [0.3, 0.4) is 0 Å². The Labute approximate surface area is 403 Å². The molecule has 11 N–H and O–H groups in total. The SMILES string of the molecule is CCCCCCCCCCCCCCCC(=O)OC([C@H](CO)OC(=O)CCCCCCCCCCCCCCC)[C@@](C)(N)C(=O)N[C@H](CCC(=O)N[C@@H](C)C(=O)O)C(N)=O.NCCO[PH](=O)O. The zero-order valence-electron chi connectivity index (χ0n) is 41.8. The molecule has 0 saturated carbocycles. The fourth-order valence-electron chi connectivity index (χ4n) is 7.31. The monoisotopic (exact) mass is 980 g/mol. The number of unbranched alkanes of at least 4 members (excludes halogenated alkanes) is 24. The average molecular weight is 980 g/mol. The van der Waals surface area contributed by atoms with Gasteiger partial charge in [-0.1, -0.05) is 168 Å².